The van der Waals surface area contributed by atoms with Crippen LogP contribution < -0.4 is 4.74 Å². The van der Waals surface area contributed by atoms with Crippen molar-refractivity contribution in [3.05, 3.63) is 35.8 Å². The molecule has 1 N–H and O–H groups in total. The molecule has 4 heteroatoms. The van der Waals surface area contributed by atoms with Crippen molar-refractivity contribution >= 4 is 0 Å². The van der Waals surface area contributed by atoms with Gasteiger partial charge in [0.05, 0.1) is 19.0 Å². The van der Waals surface area contributed by atoms with Crippen molar-refractivity contribution in [2.24, 2.45) is 0 Å². The van der Waals surface area contributed by atoms with E-state index in [0.29, 0.717) is 11.7 Å². The summed E-state index contributed by atoms with van der Waals surface area (Å²) in [6.45, 7) is 4.27. The Balaban J connectivity index is 2.48. The van der Waals surface area contributed by atoms with Gasteiger partial charge in [0, 0.05) is 5.56 Å². The Morgan fingerprint density at radius 1 is 1.39 bits per heavy atom. The van der Waals surface area contributed by atoms with E-state index in [4.69, 9.17) is 10.00 Å². The zero-order valence-electron chi connectivity index (χ0n) is 10.7. The highest BCUT2D eigenvalue weighted by Crippen LogP contribution is 2.31. The highest BCUT2D eigenvalue weighted by Gasteiger charge is 2.11. The maximum Gasteiger partial charge on any atom is 0.210 e. The van der Waals surface area contributed by atoms with Crippen LogP contribution in [0.5, 0.6) is 5.75 Å². The van der Waals surface area contributed by atoms with E-state index in [1.807, 2.05) is 18.2 Å². The number of hydrogen-bond acceptors (Lipinski definition) is 3. The smallest absolute Gasteiger partial charge is 0.210 e. The Labute approximate surface area is 106 Å². The number of benzene rings is 1. The topological polar surface area (TPSA) is 61.7 Å². The largest absolute Gasteiger partial charge is 0.496 e. The first-order valence-corrected chi connectivity index (χ1v) is 5.79. The van der Waals surface area contributed by atoms with Crippen LogP contribution >= 0.6 is 0 Å². The molecule has 2 rings (SSSR count). The van der Waals surface area contributed by atoms with Crippen molar-refractivity contribution in [3.8, 4) is 23.1 Å². The van der Waals surface area contributed by atoms with Crippen molar-refractivity contribution in [3.63, 3.8) is 0 Å². The fourth-order valence-corrected chi connectivity index (χ4v) is 1.80. The fourth-order valence-electron chi connectivity index (χ4n) is 1.80. The van der Waals surface area contributed by atoms with Gasteiger partial charge in [-0.25, -0.2) is 4.98 Å². The number of aromatic amines is 1. The zero-order valence-corrected chi connectivity index (χ0v) is 10.7. The minimum Gasteiger partial charge on any atom is -0.496 e. The number of nitrogens with zero attached hydrogens (tertiary/aromatic N) is 2. The first-order chi connectivity index (χ1) is 8.65. The molecule has 0 radical (unpaired) electrons. The number of nitrogens with one attached hydrogen (secondary N) is 1. The summed E-state index contributed by atoms with van der Waals surface area (Å²) in [5.41, 5.74) is 2.92. The molecule has 92 valence electrons. The molecule has 18 heavy (non-hydrogen) atoms. The van der Waals surface area contributed by atoms with Gasteiger partial charge in [-0.3, -0.25) is 0 Å². The van der Waals surface area contributed by atoms with Crippen LogP contribution in [-0.2, 0) is 0 Å². The van der Waals surface area contributed by atoms with Gasteiger partial charge >= 0.3 is 0 Å². The summed E-state index contributed by atoms with van der Waals surface area (Å²) in [6.07, 6.45) is 1.64. The molecular weight excluding hydrogens is 226 g/mol. The third-order valence-corrected chi connectivity index (χ3v) is 2.86. The van der Waals surface area contributed by atoms with Gasteiger partial charge in [0.1, 0.15) is 11.8 Å². The molecule has 0 spiro atoms. The first kappa shape index (κ1) is 12.2. The number of rotatable bonds is 3. The van der Waals surface area contributed by atoms with Crippen molar-refractivity contribution in [1.82, 2.24) is 9.97 Å². The van der Waals surface area contributed by atoms with Crippen LogP contribution in [0.2, 0.25) is 0 Å². The Bertz CT molecular complexity index is 593. The average molecular weight is 241 g/mol. The second-order valence-electron chi connectivity index (χ2n) is 4.37. The lowest BCUT2D eigenvalue weighted by atomic mass is 10.00. The van der Waals surface area contributed by atoms with Crippen LogP contribution in [0.25, 0.3) is 11.3 Å². The molecule has 0 fully saturated rings. The van der Waals surface area contributed by atoms with E-state index in [0.717, 1.165) is 17.0 Å². The van der Waals surface area contributed by atoms with Gasteiger partial charge in [0.2, 0.25) is 5.82 Å². The molecule has 0 amide bonds. The van der Waals surface area contributed by atoms with Gasteiger partial charge in [-0.2, -0.15) is 5.26 Å². The van der Waals surface area contributed by atoms with E-state index in [-0.39, 0.29) is 0 Å². The van der Waals surface area contributed by atoms with Crippen molar-refractivity contribution in [2.75, 3.05) is 7.11 Å². The molecule has 0 aliphatic carbocycles. The summed E-state index contributed by atoms with van der Waals surface area (Å²) in [5, 5.41) is 8.77. The third kappa shape index (κ3) is 2.21. The Morgan fingerprint density at radius 3 is 2.72 bits per heavy atom. The Hall–Kier alpha value is -2.28. The molecular formula is C14H15N3O. The van der Waals surface area contributed by atoms with Gasteiger partial charge in [-0.05, 0) is 23.6 Å². The molecule has 1 aromatic heterocycles. The maximum atomic E-state index is 8.77. The summed E-state index contributed by atoms with van der Waals surface area (Å²) >= 11 is 0. The molecule has 0 atom stereocenters. The summed E-state index contributed by atoms with van der Waals surface area (Å²) in [7, 11) is 1.64. The fraction of sp³-hybridized carbons (Fsp3) is 0.286. The van der Waals surface area contributed by atoms with E-state index >= 15 is 0 Å². The number of methoxy groups -OCH3 is 1. The maximum absolute atomic E-state index is 8.77. The molecule has 4 nitrogen and oxygen atoms in total. The summed E-state index contributed by atoms with van der Waals surface area (Å²) in [5.74, 6) is 1.54. The van der Waals surface area contributed by atoms with Crippen LogP contribution in [-0.4, -0.2) is 17.1 Å². The monoisotopic (exact) mass is 241 g/mol. The van der Waals surface area contributed by atoms with E-state index in [9.17, 15) is 0 Å². The summed E-state index contributed by atoms with van der Waals surface area (Å²) < 4.78 is 5.40. The number of imidazole rings is 1. The number of ether oxygens (including phenoxy) is 1. The van der Waals surface area contributed by atoms with Gasteiger partial charge in [0.15, 0.2) is 0 Å². The lowest BCUT2D eigenvalue weighted by Gasteiger charge is -2.11. The zero-order chi connectivity index (χ0) is 13.1. The number of H-pyrrole nitrogens is 1. The Morgan fingerprint density at radius 2 is 2.17 bits per heavy atom. The highest BCUT2D eigenvalue weighted by atomic mass is 16.5. The Kier molecular flexibility index (Phi) is 3.33. The SMILES string of the molecule is COc1cc(C(C)C)ccc1-c1cnc(C#N)[nH]1. The molecule has 0 bridgehead atoms. The minimum absolute atomic E-state index is 0.306. The van der Waals surface area contributed by atoms with Crippen molar-refractivity contribution in [1.29, 1.82) is 5.26 Å². The predicted molar refractivity (Wildman–Crippen MR) is 69.4 cm³/mol. The van der Waals surface area contributed by atoms with Crippen molar-refractivity contribution in [2.45, 2.75) is 19.8 Å². The van der Waals surface area contributed by atoms with Crippen LogP contribution in [0.3, 0.4) is 0 Å². The number of hydrogen-bond donors (Lipinski definition) is 1. The molecule has 0 aliphatic rings. The number of nitriles is 1. The second kappa shape index (κ2) is 4.92. The lowest BCUT2D eigenvalue weighted by molar-refractivity contribution is 0.415. The van der Waals surface area contributed by atoms with Gasteiger partial charge in [-0.15, -0.1) is 0 Å². The lowest BCUT2D eigenvalue weighted by Crippen LogP contribution is -1.93. The molecule has 1 heterocycles. The van der Waals surface area contributed by atoms with Crippen LogP contribution in [0.4, 0.5) is 0 Å². The van der Waals surface area contributed by atoms with E-state index in [1.54, 1.807) is 13.3 Å². The summed E-state index contributed by atoms with van der Waals surface area (Å²) in [6, 6.07) is 8.05. The average Bonchev–Trinajstić information content (AvgIpc) is 2.86. The normalized spacial score (nSPS) is 10.4. The highest BCUT2D eigenvalue weighted by molar-refractivity contribution is 5.67. The third-order valence-electron chi connectivity index (χ3n) is 2.86. The van der Waals surface area contributed by atoms with Crippen molar-refractivity contribution < 1.29 is 4.74 Å². The summed E-state index contributed by atoms with van der Waals surface area (Å²) in [4.78, 5) is 6.92. The minimum atomic E-state index is 0.306. The molecule has 0 saturated heterocycles. The quantitative estimate of drug-likeness (QED) is 0.898. The standard InChI is InChI=1S/C14H15N3O/c1-9(2)10-4-5-11(13(6-10)18-3)12-8-16-14(7-15)17-12/h4-6,8-9H,1-3H3,(H,16,17). The molecule has 0 unspecified atom stereocenters. The van der Waals surface area contributed by atoms with Gasteiger partial charge < -0.3 is 9.72 Å². The van der Waals surface area contributed by atoms with E-state index in [2.05, 4.69) is 29.9 Å². The van der Waals surface area contributed by atoms with Gasteiger partial charge in [-0.1, -0.05) is 19.9 Å². The predicted octanol–water partition coefficient (Wildman–Crippen LogP) is 3.08. The molecule has 0 aliphatic heterocycles. The second-order valence-corrected chi connectivity index (χ2v) is 4.37. The van der Waals surface area contributed by atoms with E-state index < -0.39 is 0 Å². The van der Waals surface area contributed by atoms with Crippen LogP contribution in [0.15, 0.2) is 24.4 Å². The van der Waals surface area contributed by atoms with Crippen LogP contribution in [0.1, 0.15) is 31.2 Å². The van der Waals surface area contributed by atoms with Gasteiger partial charge in [0.25, 0.3) is 0 Å². The molecule has 0 saturated carbocycles. The molecule has 1 aromatic carbocycles. The van der Waals surface area contributed by atoms with E-state index in [1.165, 1.54) is 5.56 Å². The molecule has 2 aromatic rings. The number of aromatic nitrogens is 2. The van der Waals surface area contributed by atoms with Crippen LogP contribution in [0, 0.1) is 11.3 Å². The first-order valence-electron chi connectivity index (χ1n) is 5.79.